The van der Waals surface area contributed by atoms with E-state index in [-0.39, 0.29) is 5.91 Å². The number of thioether (sulfide) groups is 1. The second-order valence-electron chi connectivity index (χ2n) is 7.82. The molecule has 1 saturated carbocycles. The minimum absolute atomic E-state index is 0.138. The molecule has 1 fully saturated rings. The maximum Gasteiger partial charge on any atom is 0.237 e. The molecule has 0 atom stereocenters. The highest BCUT2D eigenvalue weighted by Crippen LogP contribution is 2.33. The van der Waals surface area contributed by atoms with E-state index in [0.29, 0.717) is 17.7 Å². The van der Waals surface area contributed by atoms with Crippen molar-refractivity contribution in [2.75, 3.05) is 17.2 Å². The van der Waals surface area contributed by atoms with Crippen LogP contribution >= 0.6 is 11.8 Å². The fourth-order valence-corrected chi connectivity index (χ4v) is 4.92. The third-order valence-corrected chi connectivity index (χ3v) is 6.57. The topological polar surface area (TPSA) is 63.9 Å². The number of amides is 1. The van der Waals surface area contributed by atoms with Gasteiger partial charge in [0.25, 0.3) is 0 Å². The summed E-state index contributed by atoms with van der Waals surface area (Å²) in [5.74, 6) is 1.02. The van der Waals surface area contributed by atoms with E-state index in [2.05, 4.69) is 47.6 Å². The third kappa shape index (κ3) is 3.88. The molecule has 0 bridgehead atoms. The molecule has 7 heteroatoms. The van der Waals surface area contributed by atoms with Gasteiger partial charge in [0.2, 0.25) is 11.1 Å². The second-order valence-corrected chi connectivity index (χ2v) is 8.77. The van der Waals surface area contributed by atoms with Gasteiger partial charge in [0.05, 0.1) is 11.8 Å². The van der Waals surface area contributed by atoms with Crippen LogP contribution in [0, 0.1) is 0 Å². The summed E-state index contributed by atoms with van der Waals surface area (Å²) in [5, 5.41) is 12.9. The van der Waals surface area contributed by atoms with Crippen molar-refractivity contribution in [2.45, 2.75) is 69.5 Å². The lowest BCUT2D eigenvalue weighted by Gasteiger charge is -2.30. The first-order valence-corrected chi connectivity index (χ1v) is 11.0. The van der Waals surface area contributed by atoms with Gasteiger partial charge in [0, 0.05) is 12.2 Å². The number of aryl methyl sites for hydroxylation is 1. The molecule has 2 heterocycles. The zero-order chi connectivity index (χ0) is 18.8. The number of aromatic nitrogens is 4. The van der Waals surface area contributed by atoms with Gasteiger partial charge in [0.15, 0.2) is 0 Å². The summed E-state index contributed by atoms with van der Waals surface area (Å²) in [7, 11) is 0. The molecular formula is C20H27N5OS. The summed E-state index contributed by atoms with van der Waals surface area (Å²) in [6, 6.07) is 6.94. The third-order valence-electron chi connectivity index (χ3n) is 5.65. The Hall–Kier alpha value is -1.89. The maximum atomic E-state index is 12.9. The van der Waals surface area contributed by atoms with Crippen LogP contribution in [0.3, 0.4) is 0 Å². The van der Waals surface area contributed by atoms with Crippen molar-refractivity contribution >= 4 is 23.4 Å². The van der Waals surface area contributed by atoms with Gasteiger partial charge < -0.3 is 4.90 Å². The molecule has 2 aromatic rings. The summed E-state index contributed by atoms with van der Waals surface area (Å²) >= 11 is 1.46. The molecule has 1 amide bonds. The second kappa shape index (κ2) is 8.00. The number of hydrogen-bond donors (Lipinski definition) is 0. The van der Waals surface area contributed by atoms with Crippen LogP contribution in [0.1, 0.15) is 69.0 Å². The molecule has 1 aliphatic carbocycles. The summed E-state index contributed by atoms with van der Waals surface area (Å²) in [6.45, 7) is 5.21. The molecule has 1 aromatic heterocycles. The Morgan fingerprint density at radius 3 is 2.85 bits per heavy atom. The molecule has 2 aliphatic rings. The maximum absolute atomic E-state index is 12.9. The van der Waals surface area contributed by atoms with Gasteiger partial charge in [-0.3, -0.25) is 4.79 Å². The van der Waals surface area contributed by atoms with Crippen LogP contribution in [0.5, 0.6) is 0 Å². The van der Waals surface area contributed by atoms with Crippen LogP contribution in [0.4, 0.5) is 5.69 Å². The van der Waals surface area contributed by atoms with Crippen LogP contribution in [-0.4, -0.2) is 38.4 Å². The quantitative estimate of drug-likeness (QED) is 0.729. The van der Waals surface area contributed by atoms with E-state index in [1.165, 1.54) is 35.7 Å². The normalized spacial score (nSPS) is 17.5. The summed E-state index contributed by atoms with van der Waals surface area (Å²) in [4.78, 5) is 14.9. The molecule has 0 radical (unpaired) electrons. The number of anilines is 1. The van der Waals surface area contributed by atoms with Gasteiger partial charge in [-0.1, -0.05) is 50.6 Å². The number of carbonyl (C=O) groups is 1. The number of benzene rings is 1. The minimum Gasteiger partial charge on any atom is -0.311 e. The predicted molar refractivity (Wildman–Crippen MR) is 107 cm³/mol. The van der Waals surface area contributed by atoms with Crippen molar-refractivity contribution in [2.24, 2.45) is 0 Å². The van der Waals surface area contributed by atoms with Gasteiger partial charge in [-0.05, 0) is 59.2 Å². The zero-order valence-corrected chi connectivity index (χ0v) is 16.9. The van der Waals surface area contributed by atoms with Crippen molar-refractivity contribution in [3.8, 4) is 0 Å². The first-order valence-electron chi connectivity index (χ1n) is 9.97. The van der Waals surface area contributed by atoms with Crippen molar-refractivity contribution < 1.29 is 4.79 Å². The van der Waals surface area contributed by atoms with Crippen molar-refractivity contribution in [3.05, 3.63) is 29.3 Å². The molecule has 0 spiro atoms. The highest BCUT2D eigenvalue weighted by molar-refractivity contribution is 7.99. The number of rotatable bonds is 5. The average molecular weight is 386 g/mol. The number of fused-ring (bicyclic) bond motifs is 1. The number of hydrogen-bond acceptors (Lipinski definition) is 5. The zero-order valence-electron chi connectivity index (χ0n) is 16.1. The largest absolute Gasteiger partial charge is 0.311 e. The van der Waals surface area contributed by atoms with Crippen molar-refractivity contribution in [3.63, 3.8) is 0 Å². The minimum atomic E-state index is 0.138. The van der Waals surface area contributed by atoms with Crippen LogP contribution in [0.2, 0.25) is 0 Å². The van der Waals surface area contributed by atoms with Crippen molar-refractivity contribution in [1.82, 2.24) is 20.2 Å². The lowest BCUT2D eigenvalue weighted by atomic mass is 9.95. The molecule has 144 valence electrons. The molecule has 0 unspecified atom stereocenters. The Kier molecular flexibility index (Phi) is 5.48. The molecule has 6 nitrogen and oxygen atoms in total. The van der Waals surface area contributed by atoms with Crippen molar-refractivity contribution in [1.29, 1.82) is 0 Å². The van der Waals surface area contributed by atoms with Gasteiger partial charge in [-0.2, -0.15) is 0 Å². The molecule has 27 heavy (non-hydrogen) atoms. The lowest BCUT2D eigenvalue weighted by molar-refractivity contribution is -0.116. The highest BCUT2D eigenvalue weighted by atomic mass is 32.2. The summed E-state index contributed by atoms with van der Waals surface area (Å²) in [6.07, 6.45) is 6.79. The van der Waals surface area contributed by atoms with E-state index in [0.717, 1.165) is 43.1 Å². The molecular weight excluding hydrogens is 358 g/mol. The standard InChI is InChI=1S/C20H27N5OS/c1-14(2)15-9-10-18-16(12-15)6-5-11-24(18)19(26)13-27-20-21-22-23-25(20)17-7-3-4-8-17/h9-10,12,14,17H,3-8,11,13H2,1-2H3. The van der Waals surface area contributed by atoms with Gasteiger partial charge >= 0.3 is 0 Å². The van der Waals surface area contributed by atoms with E-state index >= 15 is 0 Å². The first-order chi connectivity index (χ1) is 13.1. The Morgan fingerprint density at radius 2 is 2.07 bits per heavy atom. The van der Waals surface area contributed by atoms with E-state index in [1.807, 2.05) is 9.58 Å². The monoisotopic (exact) mass is 385 g/mol. The van der Waals surface area contributed by atoms with E-state index in [4.69, 9.17) is 0 Å². The lowest BCUT2D eigenvalue weighted by Crippen LogP contribution is -2.36. The molecule has 4 rings (SSSR count). The summed E-state index contributed by atoms with van der Waals surface area (Å²) < 4.78 is 1.92. The number of carbonyl (C=O) groups excluding carboxylic acids is 1. The Bertz CT molecular complexity index is 812. The Balaban J connectivity index is 1.45. The van der Waals surface area contributed by atoms with E-state index in [1.54, 1.807) is 0 Å². The highest BCUT2D eigenvalue weighted by Gasteiger charge is 2.25. The molecule has 0 saturated heterocycles. The number of nitrogens with zero attached hydrogens (tertiary/aromatic N) is 5. The van der Waals surface area contributed by atoms with Gasteiger partial charge in [-0.15, -0.1) is 5.10 Å². The van der Waals surface area contributed by atoms with Crippen LogP contribution in [-0.2, 0) is 11.2 Å². The van der Waals surface area contributed by atoms with Crippen LogP contribution < -0.4 is 4.90 Å². The Morgan fingerprint density at radius 1 is 1.26 bits per heavy atom. The molecule has 1 aromatic carbocycles. The average Bonchev–Trinajstić information content (AvgIpc) is 3.36. The number of tetrazole rings is 1. The fraction of sp³-hybridized carbons (Fsp3) is 0.600. The molecule has 0 N–H and O–H groups in total. The van der Waals surface area contributed by atoms with Gasteiger partial charge in [0.1, 0.15) is 0 Å². The predicted octanol–water partition coefficient (Wildman–Crippen LogP) is 3.98. The van der Waals surface area contributed by atoms with E-state index in [9.17, 15) is 4.79 Å². The van der Waals surface area contributed by atoms with E-state index < -0.39 is 0 Å². The summed E-state index contributed by atoms with van der Waals surface area (Å²) in [5.41, 5.74) is 3.71. The van der Waals surface area contributed by atoms with Crippen LogP contribution in [0.15, 0.2) is 23.4 Å². The SMILES string of the molecule is CC(C)c1ccc2c(c1)CCCN2C(=O)CSc1nnnn1C1CCCC1. The first kappa shape index (κ1) is 18.5. The molecule has 1 aliphatic heterocycles. The van der Waals surface area contributed by atoms with Crippen LogP contribution in [0.25, 0.3) is 0 Å². The smallest absolute Gasteiger partial charge is 0.237 e. The fourth-order valence-electron chi connectivity index (χ4n) is 4.10. The van der Waals surface area contributed by atoms with Gasteiger partial charge in [-0.25, -0.2) is 4.68 Å². The Labute approximate surface area is 164 Å².